The summed E-state index contributed by atoms with van der Waals surface area (Å²) in [5, 5.41) is 22.5. The largest absolute Gasteiger partial charge is 0.447 e. The molecule has 158 valence electrons. The van der Waals surface area contributed by atoms with Crippen LogP contribution in [0, 0.1) is 22.7 Å². The summed E-state index contributed by atoms with van der Waals surface area (Å²) in [7, 11) is 0. The Morgan fingerprint density at radius 3 is 2.76 bits per heavy atom. The number of ether oxygens (including phenoxy) is 1. The van der Waals surface area contributed by atoms with Gasteiger partial charge in [-0.15, -0.1) is 0 Å². The molecule has 7 heteroatoms. The zero-order valence-corrected chi connectivity index (χ0v) is 17.3. The highest BCUT2D eigenvalue weighted by Crippen LogP contribution is 2.70. The maximum absolute atomic E-state index is 16.9. The van der Waals surface area contributed by atoms with E-state index in [9.17, 15) is 19.8 Å². The number of rotatable bonds is 2. The van der Waals surface area contributed by atoms with Gasteiger partial charge in [0.2, 0.25) is 0 Å². The van der Waals surface area contributed by atoms with Gasteiger partial charge in [0.15, 0.2) is 23.1 Å². The van der Waals surface area contributed by atoms with Crippen molar-refractivity contribution in [2.45, 2.75) is 56.9 Å². The second kappa shape index (κ2) is 6.25. The molecule has 0 amide bonds. The van der Waals surface area contributed by atoms with Gasteiger partial charge in [-0.1, -0.05) is 36.8 Å². The third-order valence-corrected chi connectivity index (χ3v) is 8.43. The first-order valence-electron chi connectivity index (χ1n) is 9.92. The van der Waals surface area contributed by atoms with E-state index in [2.05, 4.69) is 6.58 Å². The Morgan fingerprint density at radius 1 is 1.41 bits per heavy atom. The molecule has 0 radical (unpaired) electrons. The van der Waals surface area contributed by atoms with Crippen molar-refractivity contribution < 1.29 is 28.9 Å². The van der Waals surface area contributed by atoms with Crippen LogP contribution in [0.2, 0.25) is 0 Å². The minimum absolute atomic E-state index is 0.137. The Morgan fingerprint density at radius 2 is 2.10 bits per heavy atom. The molecule has 4 aliphatic rings. The molecule has 5 nitrogen and oxygen atoms in total. The number of halogens is 2. The van der Waals surface area contributed by atoms with Crippen molar-refractivity contribution in [3.63, 3.8) is 0 Å². The van der Waals surface area contributed by atoms with Crippen molar-refractivity contribution in [2.75, 3.05) is 6.07 Å². The third kappa shape index (κ3) is 2.28. The Kier molecular flexibility index (Phi) is 4.48. The van der Waals surface area contributed by atoms with Crippen molar-refractivity contribution >= 4 is 23.4 Å². The van der Waals surface area contributed by atoms with E-state index in [1.807, 2.05) is 0 Å². The predicted octanol–water partition coefficient (Wildman–Crippen LogP) is 2.99. The number of esters is 1. The zero-order valence-electron chi connectivity index (χ0n) is 16.6. The van der Waals surface area contributed by atoms with E-state index in [0.717, 1.165) is 0 Å². The van der Waals surface area contributed by atoms with Crippen LogP contribution in [0.4, 0.5) is 4.39 Å². The van der Waals surface area contributed by atoms with Crippen molar-refractivity contribution in [1.29, 1.82) is 0 Å². The van der Waals surface area contributed by atoms with Crippen LogP contribution in [-0.2, 0) is 14.3 Å². The monoisotopic (exact) mass is 424 g/mol. The molecule has 0 bridgehead atoms. The van der Waals surface area contributed by atoms with E-state index in [1.54, 1.807) is 19.9 Å². The van der Waals surface area contributed by atoms with Crippen LogP contribution in [0.1, 0.15) is 39.5 Å². The maximum atomic E-state index is 16.9. The molecular formula is C22H26ClFO5. The quantitative estimate of drug-likeness (QED) is 0.404. The zero-order chi connectivity index (χ0) is 21.4. The van der Waals surface area contributed by atoms with Crippen LogP contribution in [0.25, 0.3) is 0 Å². The highest BCUT2D eigenvalue weighted by atomic mass is 35.5. The number of aliphatic hydroxyl groups is 2. The van der Waals surface area contributed by atoms with Crippen LogP contribution < -0.4 is 0 Å². The minimum atomic E-state index is -2.04. The molecule has 3 saturated carbocycles. The topological polar surface area (TPSA) is 83.8 Å². The third-order valence-electron chi connectivity index (χ3n) is 8.32. The van der Waals surface area contributed by atoms with Crippen molar-refractivity contribution in [3.8, 4) is 0 Å². The van der Waals surface area contributed by atoms with E-state index >= 15 is 4.39 Å². The van der Waals surface area contributed by atoms with E-state index < -0.39 is 52.1 Å². The molecule has 7 atom stereocenters. The normalized spacial score (nSPS) is 48.5. The maximum Gasteiger partial charge on any atom is 0.344 e. The second-order valence-electron chi connectivity index (χ2n) is 9.32. The standard InChI is InChI=1S/C22H26ClFO5/c1-12-8-16-15-5-4-13-9-14(25)6-7-19(13,2)21(15,24)17(26)10-20(16,3)22(12,28)18(27)29-11-23/h6-7,9,15-17,26,28H,1,4-5,8,10-11H2,2-3H3/t15-,16-,17-,19-,20-,21-,22-/m0/s1. The Labute approximate surface area is 174 Å². The van der Waals surface area contributed by atoms with E-state index in [1.165, 1.54) is 12.2 Å². The lowest BCUT2D eigenvalue weighted by atomic mass is 9.45. The van der Waals surface area contributed by atoms with E-state index in [4.69, 9.17) is 16.3 Å². The lowest BCUT2D eigenvalue weighted by Crippen LogP contribution is -2.69. The Bertz CT molecular complexity index is 867. The first-order chi connectivity index (χ1) is 13.5. The second-order valence-corrected chi connectivity index (χ2v) is 9.54. The smallest absolute Gasteiger partial charge is 0.344 e. The van der Waals surface area contributed by atoms with Gasteiger partial charge in [0, 0.05) is 16.7 Å². The van der Waals surface area contributed by atoms with Gasteiger partial charge in [-0.3, -0.25) is 4.79 Å². The van der Waals surface area contributed by atoms with Gasteiger partial charge < -0.3 is 14.9 Å². The molecule has 0 aromatic carbocycles. The summed E-state index contributed by atoms with van der Waals surface area (Å²) in [5.74, 6) is -2.12. The van der Waals surface area contributed by atoms with E-state index in [-0.39, 0.29) is 24.2 Å². The summed E-state index contributed by atoms with van der Waals surface area (Å²) in [6, 6.07) is -0.417. The van der Waals surface area contributed by atoms with Gasteiger partial charge in [-0.25, -0.2) is 9.18 Å². The number of carbonyl (C=O) groups excluding carboxylic acids is 2. The molecule has 2 N–H and O–H groups in total. The van der Waals surface area contributed by atoms with E-state index in [0.29, 0.717) is 18.4 Å². The molecule has 0 aromatic rings. The molecule has 4 aliphatic carbocycles. The van der Waals surface area contributed by atoms with Crippen LogP contribution in [-0.4, -0.2) is 45.4 Å². The highest BCUT2D eigenvalue weighted by Gasteiger charge is 2.75. The lowest BCUT2D eigenvalue weighted by molar-refractivity contribution is -0.221. The predicted molar refractivity (Wildman–Crippen MR) is 105 cm³/mol. The van der Waals surface area contributed by atoms with Gasteiger partial charge in [-0.2, -0.15) is 0 Å². The number of ketones is 1. The molecular weight excluding hydrogens is 399 g/mol. The molecule has 0 heterocycles. The number of hydrogen-bond donors (Lipinski definition) is 2. The summed E-state index contributed by atoms with van der Waals surface area (Å²) in [6.45, 7) is 7.32. The van der Waals surface area contributed by atoms with Crippen molar-refractivity contribution in [2.24, 2.45) is 22.7 Å². The fourth-order valence-electron chi connectivity index (χ4n) is 6.70. The molecule has 0 aromatic heterocycles. The van der Waals surface area contributed by atoms with Crippen molar-refractivity contribution in [3.05, 3.63) is 36.0 Å². The van der Waals surface area contributed by atoms with Crippen LogP contribution in [0.5, 0.6) is 0 Å². The first-order valence-corrected chi connectivity index (χ1v) is 10.4. The molecule has 0 aliphatic heterocycles. The fraction of sp³-hybridized carbons (Fsp3) is 0.636. The highest BCUT2D eigenvalue weighted by molar-refractivity contribution is 6.17. The van der Waals surface area contributed by atoms with Gasteiger partial charge >= 0.3 is 5.97 Å². The first kappa shape index (κ1) is 20.8. The molecule has 0 saturated heterocycles. The molecule has 29 heavy (non-hydrogen) atoms. The number of aliphatic hydroxyl groups excluding tert-OH is 1. The van der Waals surface area contributed by atoms with Gasteiger partial charge in [0.05, 0.1) is 6.10 Å². The Hall–Kier alpha value is -1.50. The van der Waals surface area contributed by atoms with Crippen LogP contribution in [0.15, 0.2) is 36.0 Å². The Balaban J connectivity index is 1.82. The molecule has 0 unspecified atom stereocenters. The van der Waals surface area contributed by atoms with Crippen LogP contribution >= 0.6 is 11.6 Å². The summed E-state index contributed by atoms with van der Waals surface area (Å²) in [6.07, 6.45) is 3.99. The summed E-state index contributed by atoms with van der Waals surface area (Å²) in [5.41, 5.74) is -5.38. The SMILES string of the molecule is C=C1C[C@H]2[C@@H]3CCC4=CC(=O)C=C[C@]4(C)[C@@]3(F)[C@@H](O)C[C@]2(C)[C@@]1(O)C(=O)OCCl. The average molecular weight is 425 g/mol. The number of carbonyl (C=O) groups is 2. The van der Waals surface area contributed by atoms with Gasteiger partial charge in [-0.05, 0) is 56.3 Å². The number of alkyl halides is 2. The summed E-state index contributed by atoms with van der Waals surface area (Å²) >= 11 is 5.54. The fourth-order valence-corrected chi connectivity index (χ4v) is 6.80. The molecule has 0 spiro atoms. The average Bonchev–Trinajstić information content (AvgIpc) is 2.85. The molecule has 3 fully saturated rings. The summed E-state index contributed by atoms with van der Waals surface area (Å²) in [4.78, 5) is 24.5. The molecule has 4 rings (SSSR count). The van der Waals surface area contributed by atoms with Gasteiger partial charge in [0.25, 0.3) is 0 Å². The van der Waals surface area contributed by atoms with Gasteiger partial charge in [0.1, 0.15) is 0 Å². The number of fused-ring (bicyclic) bond motifs is 5. The van der Waals surface area contributed by atoms with Crippen molar-refractivity contribution in [1.82, 2.24) is 0 Å². The number of allylic oxidation sites excluding steroid dienone is 4. The number of hydrogen-bond acceptors (Lipinski definition) is 5. The summed E-state index contributed by atoms with van der Waals surface area (Å²) < 4.78 is 21.8. The van der Waals surface area contributed by atoms with Crippen LogP contribution in [0.3, 0.4) is 0 Å². The minimum Gasteiger partial charge on any atom is -0.447 e. The lowest BCUT2D eigenvalue weighted by Gasteiger charge is -2.62.